The summed E-state index contributed by atoms with van der Waals surface area (Å²) in [4.78, 5) is 26.3. The van der Waals surface area contributed by atoms with Gasteiger partial charge >= 0.3 is 0 Å². The molecule has 1 fully saturated rings. The van der Waals surface area contributed by atoms with Crippen LogP contribution in [0.15, 0.2) is 42.9 Å². The van der Waals surface area contributed by atoms with Gasteiger partial charge < -0.3 is 15.1 Å². The average molecular weight is 450 g/mol. The van der Waals surface area contributed by atoms with Crippen LogP contribution in [0.25, 0.3) is 0 Å². The van der Waals surface area contributed by atoms with Crippen molar-refractivity contribution in [2.45, 2.75) is 51.7 Å². The van der Waals surface area contributed by atoms with Gasteiger partial charge in [0, 0.05) is 31.4 Å². The fraction of sp³-hybridized carbons (Fsp3) is 0.417. The fourth-order valence-corrected chi connectivity index (χ4v) is 4.64. The van der Waals surface area contributed by atoms with Gasteiger partial charge in [0.05, 0.1) is 18.9 Å². The number of rotatable bonds is 6. The lowest BCUT2D eigenvalue weighted by molar-refractivity contribution is -0.120. The molecule has 172 valence electrons. The number of hydrogen-bond acceptors (Lipinski definition) is 6. The third-order valence-corrected chi connectivity index (χ3v) is 6.33. The van der Waals surface area contributed by atoms with E-state index < -0.39 is 0 Å². The molecule has 0 spiro atoms. The Morgan fingerprint density at radius 2 is 1.97 bits per heavy atom. The van der Waals surface area contributed by atoms with E-state index in [4.69, 9.17) is 4.98 Å². The molecule has 0 bridgehead atoms. The Morgan fingerprint density at radius 1 is 1.12 bits per heavy atom. The number of likely N-dealkylation sites (N-methyl/N-ethyl adjacent to an activating group) is 1. The van der Waals surface area contributed by atoms with Crippen molar-refractivity contribution in [3.63, 3.8) is 0 Å². The molecule has 33 heavy (non-hydrogen) atoms. The maximum atomic E-state index is 13.1. The van der Waals surface area contributed by atoms with Gasteiger partial charge in [0.15, 0.2) is 5.82 Å². The van der Waals surface area contributed by atoms with Crippen molar-refractivity contribution in [1.82, 2.24) is 19.7 Å². The second-order valence-corrected chi connectivity index (χ2v) is 8.57. The molecular formula is C24H28FN7O. The van der Waals surface area contributed by atoms with E-state index in [9.17, 15) is 9.18 Å². The number of carbonyl (C=O) groups excluding carboxylic acids is 1. The van der Waals surface area contributed by atoms with E-state index in [1.165, 1.54) is 12.1 Å². The zero-order valence-electron chi connectivity index (χ0n) is 18.7. The third-order valence-electron chi connectivity index (χ3n) is 6.33. The number of anilines is 3. The standard InChI is InChI=1S/C24H28FN7O/c1-2-31-21-14-27-24(29-22(21)32-11-5-3-4-6-20(32)23(31)33)26-12-18-13-28-30(16-18)15-17-7-9-19(25)10-8-17/h7-10,13-14,16,20H,2-6,11-12,15H2,1H3,(H,26,27,29). The van der Waals surface area contributed by atoms with E-state index in [1.54, 1.807) is 24.5 Å². The summed E-state index contributed by atoms with van der Waals surface area (Å²) in [5.74, 6) is 1.29. The number of halogens is 1. The van der Waals surface area contributed by atoms with Crippen molar-refractivity contribution in [3.05, 3.63) is 59.8 Å². The van der Waals surface area contributed by atoms with E-state index in [0.717, 1.165) is 54.9 Å². The van der Waals surface area contributed by atoms with Crippen molar-refractivity contribution in [3.8, 4) is 0 Å². The molecule has 0 radical (unpaired) electrons. The summed E-state index contributed by atoms with van der Waals surface area (Å²) >= 11 is 0. The predicted octanol–water partition coefficient (Wildman–Crippen LogP) is 3.59. The molecular weight excluding hydrogens is 421 g/mol. The topological polar surface area (TPSA) is 79.2 Å². The predicted molar refractivity (Wildman–Crippen MR) is 125 cm³/mol. The highest BCUT2D eigenvalue weighted by molar-refractivity contribution is 6.04. The molecule has 4 heterocycles. The number of benzene rings is 1. The van der Waals surface area contributed by atoms with Crippen LogP contribution in [-0.2, 0) is 17.9 Å². The lowest BCUT2D eigenvalue weighted by atomic mass is 10.1. The second-order valence-electron chi connectivity index (χ2n) is 8.57. The average Bonchev–Trinajstić information content (AvgIpc) is 3.12. The zero-order chi connectivity index (χ0) is 22.8. The first-order valence-corrected chi connectivity index (χ1v) is 11.6. The quantitative estimate of drug-likeness (QED) is 0.620. The van der Waals surface area contributed by atoms with Gasteiger partial charge in [-0.1, -0.05) is 25.0 Å². The monoisotopic (exact) mass is 449 g/mol. The van der Waals surface area contributed by atoms with Gasteiger partial charge in [-0.3, -0.25) is 9.48 Å². The number of amides is 1. The fourth-order valence-electron chi connectivity index (χ4n) is 4.64. The van der Waals surface area contributed by atoms with Gasteiger partial charge in [0.25, 0.3) is 0 Å². The Hall–Kier alpha value is -3.49. The highest BCUT2D eigenvalue weighted by atomic mass is 19.1. The molecule has 2 aliphatic rings. The van der Waals surface area contributed by atoms with E-state index in [-0.39, 0.29) is 17.8 Å². The van der Waals surface area contributed by atoms with Gasteiger partial charge in [-0.25, -0.2) is 9.37 Å². The van der Waals surface area contributed by atoms with Crippen LogP contribution in [0.4, 0.5) is 21.8 Å². The maximum absolute atomic E-state index is 13.1. The first-order chi connectivity index (χ1) is 16.1. The van der Waals surface area contributed by atoms with Crippen molar-refractivity contribution < 1.29 is 9.18 Å². The lowest BCUT2D eigenvalue weighted by Crippen LogP contribution is -2.53. The Balaban J connectivity index is 1.30. The largest absolute Gasteiger partial charge is 0.350 e. The molecule has 2 aliphatic heterocycles. The van der Waals surface area contributed by atoms with Crippen molar-refractivity contribution in [2.75, 3.05) is 28.2 Å². The molecule has 1 amide bonds. The van der Waals surface area contributed by atoms with Crippen LogP contribution < -0.4 is 15.1 Å². The molecule has 3 aromatic rings. The Kier molecular flexibility index (Phi) is 5.93. The number of nitrogens with zero attached hydrogens (tertiary/aromatic N) is 6. The number of fused-ring (bicyclic) bond motifs is 3. The molecule has 5 rings (SSSR count). The molecule has 0 saturated carbocycles. The highest BCUT2D eigenvalue weighted by Crippen LogP contribution is 2.37. The van der Waals surface area contributed by atoms with Gasteiger partial charge in [-0.15, -0.1) is 0 Å². The van der Waals surface area contributed by atoms with E-state index >= 15 is 0 Å². The van der Waals surface area contributed by atoms with Crippen LogP contribution >= 0.6 is 0 Å². The minimum absolute atomic E-state index is 0.132. The summed E-state index contributed by atoms with van der Waals surface area (Å²) in [7, 11) is 0. The summed E-state index contributed by atoms with van der Waals surface area (Å²) < 4.78 is 14.9. The molecule has 1 saturated heterocycles. The first-order valence-electron chi connectivity index (χ1n) is 11.6. The van der Waals surface area contributed by atoms with Crippen LogP contribution in [0.1, 0.15) is 43.7 Å². The zero-order valence-corrected chi connectivity index (χ0v) is 18.7. The number of nitrogens with one attached hydrogen (secondary N) is 1. The lowest BCUT2D eigenvalue weighted by Gasteiger charge is -2.40. The minimum Gasteiger partial charge on any atom is -0.350 e. The number of hydrogen-bond donors (Lipinski definition) is 1. The molecule has 9 heteroatoms. The van der Waals surface area contributed by atoms with Crippen LogP contribution in [0.5, 0.6) is 0 Å². The van der Waals surface area contributed by atoms with Crippen LogP contribution in [0, 0.1) is 5.82 Å². The molecule has 1 N–H and O–H groups in total. The summed E-state index contributed by atoms with van der Waals surface area (Å²) in [5, 5.41) is 7.70. The summed E-state index contributed by atoms with van der Waals surface area (Å²) in [6.45, 7) is 4.55. The summed E-state index contributed by atoms with van der Waals surface area (Å²) in [6.07, 6.45) is 9.65. The Morgan fingerprint density at radius 3 is 2.79 bits per heavy atom. The van der Waals surface area contributed by atoms with Crippen LogP contribution in [0.2, 0.25) is 0 Å². The summed E-state index contributed by atoms with van der Waals surface area (Å²) in [5.41, 5.74) is 2.77. The maximum Gasteiger partial charge on any atom is 0.249 e. The van der Waals surface area contributed by atoms with E-state index in [1.807, 2.05) is 22.7 Å². The Bertz CT molecular complexity index is 1130. The minimum atomic E-state index is -0.243. The summed E-state index contributed by atoms with van der Waals surface area (Å²) in [6, 6.07) is 6.30. The smallest absolute Gasteiger partial charge is 0.249 e. The molecule has 8 nitrogen and oxygen atoms in total. The van der Waals surface area contributed by atoms with Gasteiger partial charge in [0.2, 0.25) is 11.9 Å². The van der Waals surface area contributed by atoms with Crippen molar-refractivity contribution in [2.24, 2.45) is 0 Å². The molecule has 1 unspecified atom stereocenters. The van der Waals surface area contributed by atoms with Crippen LogP contribution in [-0.4, -0.2) is 44.8 Å². The third kappa shape index (κ3) is 4.40. The first kappa shape index (κ1) is 21.4. The second kappa shape index (κ2) is 9.17. The van der Waals surface area contributed by atoms with E-state index in [0.29, 0.717) is 25.6 Å². The molecule has 1 aromatic carbocycles. The van der Waals surface area contributed by atoms with Gasteiger partial charge in [-0.05, 0) is 37.5 Å². The van der Waals surface area contributed by atoms with Crippen molar-refractivity contribution >= 4 is 23.4 Å². The Labute approximate surface area is 192 Å². The van der Waals surface area contributed by atoms with Gasteiger partial charge in [-0.2, -0.15) is 10.1 Å². The van der Waals surface area contributed by atoms with Crippen LogP contribution in [0.3, 0.4) is 0 Å². The van der Waals surface area contributed by atoms with Gasteiger partial charge in [0.1, 0.15) is 17.5 Å². The molecule has 0 aliphatic carbocycles. The number of carbonyl (C=O) groups is 1. The highest BCUT2D eigenvalue weighted by Gasteiger charge is 2.39. The van der Waals surface area contributed by atoms with Crippen molar-refractivity contribution in [1.29, 1.82) is 0 Å². The number of aromatic nitrogens is 4. The SMILES string of the molecule is CCN1C(=O)C2CCCCCN2c2nc(NCc3cnn(Cc4ccc(F)cc4)c3)ncc21. The normalized spacial score (nSPS) is 18.0. The molecule has 1 atom stereocenters. The van der Waals surface area contributed by atoms with E-state index in [2.05, 4.69) is 20.3 Å². The molecule has 2 aromatic heterocycles.